The number of thiazole rings is 1. The van der Waals surface area contributed by atoms with E-state index in [0.29, 0.717) is 30.0 Å². The second-order valence-electron chi connectivity index (χ2n) is 7.98. The molecule has 1 unspecified atom stereocenters. The van der Waals surface area contributed by atoms with Crippen molar-refractivity contribution in [3.05, 3.63) is 75.1 Å². The van der Waals surface area contributed by atoms with Crippen LogP contribution in [0, 0.1) is 10.1 Å². The zero-order valence-corrected chi connectivity index (χ0v) is 19.4. The molecule has 1 aliphatic rings. The summed E-state index contributed by atoms with van der Waals surface area (Å²) < 4.78 is 5.26. The van der Waals surface area contributed by atoms with Crippen LogP contribution in [0.3, 0.4) is 0 Å². The maximum absolute atomic E-state index is 12.8. The van der Waals surface area contributed by atoms with Crippen LogP contribution in [0.5, 0.6) is 0 Å². The van der Waals surface area contributed by atoms with Gasteiger partial charge in [-0.1, -0.05) is 30.3 Å². The van der Waals surface area contributed by atoms with Crippen LogP contribution in [0.15, 0.2) is 60.0 Å². The van der Waals surface area contributed by atoms with E-state index in [1.54, 1.807) is 54.3 Å². The largest absolute Gasteiger partial charge is 0.436 e. The summed E-state index contributed by atoms with van der Waals surface area (Å²) >= 11 is 1.48. The number of likely N-dealkylation sites (tertiary alicyclic amines) is 1. The summed E-state index contributed by atoms with van der Waals surface area (Å²) in [5.41, 5.74) is 1.72. The predicted molar refractivity (Wildman–Crippen MR) is 129 cm³/mol. The summed E-state index contributed by atoms with van der Waals surface area (Å²) in [7, 11) is 0. The molecule has 10 heteroatoms. The lowest BCUT2D eigenvalue weighted by Crippen LogP contribution is -2.44. The SMILES string of the molecule is CC(OC(=O)Nc1ccccc1)C(=O)N1CCC(c2nc(-c3ccccc3[N+](=O)[O-])cs2)CC1. The molecule has 0 bridgehead atoms. The summed E-state index contributed by atoms with van der Waals surface area (Å²) in [6, 6.07) is 15.5. The van der Waals surface area contributed by atoms with Crippen molar-refractivity contribution in [1.29, 1.82) is 0 Å². The molecule has 2 aromatic carbocycles. The van der Waals surface area contributed by atoms with E-state index in [4.69, 9.17) is 4.74 Å². The van der Waals surface area contributed by atoms with Gasteiger partial charge >= 0.3 is 6.09 Å². The number of nitrogens with one attached hydrogen (secondary N) is 1. The van der Waals surface area contributed by atoms with Gasteiger partial charge in [-0.3, -0.25) is 20.2 Å². The van der Waals surface area contributed by atoms with Gasteiger partial charge in [-0.05, 0) is 38.0 Å². The van der Waals surface area contributed by atoms with Crippen LogP contribution in [0.2, 0.25) is 0 Å². The smallest absolute Gasteiger partial charge is 0.412 e. The molecule has 2 heterocycles. The molecule has 1 aromatic heterocycles. The van der Waals surface area contributed by atoms with Crippen molar-refractivity contribution in [3.63, 3.8) is 0 Å². The van der Waals surface area contributed by atoms with Gasteiger partial charge in [-0.25, -0.2) is 9.78 Å². The van der Waals surface area contributed by atoms with Gasteiger partial charge in [0.2, 0.25) is 0 Å². The first-order chi connectivity index (χ1) is 16.4. The van der Waals surface area contributed by atoms with E-state index in [9.17, 15) is 19.7 Å². The standard InChI is InChI=1S/C24H24N4O5S/c1-16(33-24(30)25-18-7-3-2-4-8-18)23(29)27-13-11-17(12-14-27)22-26-20(15-34-22)19-9-5-6-10-21(19)28(31)32/h2-10,15-17H,11-14H2,1H3,(H,25,30). The van der Waals surface area contributed by atoms with Crippen molar-refractivity contribution in [2.75, 3.05) is 18.4 Å². The lowest BCUT2D eigenvalue weighted by molar-refractivity contribution is -0.384. The number of benzene rings is 2. The van der Waals surface area contributed by atoms with Gasteiger partial charge in [0.1, 0.15) is 0 Å². The van der Waals surface area contributed by atoms with Crippen molar-refractivity contribution in [1.82, 2.24) is 9.88 Å². The molecule has 3 aromatic rings. The fourth-order valence-corrected chi connectivity index (χ4v) is 4.92. The van der Waals surface area contributed by atoms with Crippen LogP contribution >= 0.6 is 11.3 Å². The van der Waals surface area contributed by atoms with Gasteiger partial charge in [0, 0.05) is 36.1 Å². The minimum Gasteiger partial charge on any atom is -0.436 e. The van der Waals surface area contributed by atoms with Crippen molar-refractivity contribution in [3.8, 4) is 11.3 Å². The Labute approximate surface area is 200 Å². The van der Waals surface area contributed by atoms with E-state index in [2.05, 4.69) is 10.3 Å². The number of aromatic nitrogens is 1. The zero-order valence-electron chi connectivity index (χ0n) is 18.5. The van der Waals surface area contributed by atoms with Crippen molar-refractivity contribution < 1.29 is 19.2 Å². The Morgan fingerprint density at radius 2 is 1.82 bits per heavy atom. The molecular formula is C24H24N4O5S. The van der Waals surface area contributed by atoms with Crippen molar-refractivity contribution in [2.24, 2.45) is 0 Å². The van der Waals surface area contributed by atoms with Gasteiger partial charge in [0.15, 0.2) is 6.10 Å². The van der Waals surface area contributed by atoms with E-state index in [1.807, 2.05) is 11.4 Å². The first-order valence-corrected chi connectivity index (χ1v) is 11.8. The average Bonchev–Trinajstić information content (AvgIpc) is 3.34. The second-order valence-corrected chi connectivity index (χ2v) is 8.87. The number of nitro benzene ring substituents is 1. The number of ether oxygens (including phenoxy) is 1. The van der Waals surface area contributed by atoms with E-state index in [-0.39, 0.29) is 17.5 Å². The predicted octanol–water partition coefficient (Wildman–Crippen LogP) is 5.06. The number of carbonyl (C=O) groups is 2. The number of hydrogen-bond acceptors (Lipinski definition) is 7. The number of piperidine rings is 1. The maximum atomic E-state index is 12.8. The van der Waals surface area contributed by atoms with Crippen LogP contribution < -0.4 is 5.32 Å². The van der Waals surface area contributed by atoms with Gasteiger partial charge in [0.05, 0.1) is 21.2 Å². The number of rotatable bonds is 6. The topological polar surface area (TPSA) is 115 Å². The van der Waals surface area contributed by atoms with E-state index < -0.39 is 17.1 Å². The summed E-state index contributed by atoms with van der Waals surface area (Å²) in [6.07, 6.45) is -0.130. The lowest BCUT2D eigenvalue weighted by atomic mass is 9.97. The van der Waals surface area contributed by atoms with Crippen molar-refractivity contribution in [2.45, 2.75) is 31.8 Å². The molecule has 1 atom stereocenters. The fourth-order valence-electron chi connectivity index (χ4n) is 3.93. The van der Waals surface area contributed by atoms with Crippen LogP contribution in [-0.2, 0) is 9.53 Å². The molecule has 1 saturated heterocycles. The second kappa shape index (κ2) is 10.4. The first kappa shape index (κ1) is 23.4. The Morgan fingerprint density at radius 3 is 2.53 bits per heavy atom. The number of hydrogen-bond donors (Lipinski definition) is 1. The molecule has 4 rings (SSSR count). The van der Waals surface area contributed by atoms with Gasteiger partial charge in [-0.15, -0.1) is 11.3 Å². The molecule has 1 aliphatic heterocycles. The highest BCUT2D eigenvalue weighted by atomic mass is 32.1. The summed E-state index contributed by atoms with van der Waals surface area (Å²) in [6.45, 7) is 2.62. The van der Waals surface area contributed by atoms with Crippen LogP contribution in [0.1, 0.15) is 30.7 Å². The normalized spacial score (nSPS) is 14.9. The lowest BCUT2D eigenvalue weighted by Gasteiger charge is -2.32. The monoisotopic (exact) mass is 480 g/mol. The zero-order chi connectivity index (χ0) is 24.1. The summed E-state index contributed by atoms with van der Waals surface area (Å²) in [5.74, 6) is -0.0652. The molecular weight excluding hydrogens is 456 g/mol. The molecule has 1 fully saturated rings. The quantitative estimate of drug-likeness (QED) is 0.389. The molecule has 0 aliphatic carbocycles. The molecule has 0 radical (unpaired) electrons. The van der Waals surface area contributed by atoms with E-state index in [0.717, 1.165) is 17.8 Å². The number of para-hydroxylation sites is 2. The fraction of sp³-hybridized carbons (Fsp3) is 0.292. The van der Waals surface area contributed by atoms with Crippen LogP contribution in [-0.4, -0.2) is 46.0 Å². The number of carbonyl (C=O) groups excluding carboxylic acids is 2. The number of nitrogens with zero attached hydrogens (tertiary/aromatic N) is 3. The van der Waals surface area contributed by atoms with E-state index >= 15 is 0 Å². The van der Waals surface area contributed by atoms with Gasteiger partial charge in [-0.2, -0.15) is 0 Å². The summed E-state index contributed by atoms with van der Waals surface area (Å²) in [5, 5.41) is 16.7. The Bertz CT molecular complexity index is 1170. The average molecular weight is 481 g/mol. The highest BCUT2D eigenvalue weighted by Gasteiger charge is 2.30. The third-order valence-corrected chi connectivity index (χ3v) is 6.71. The van der Waals surface area contributed by atoms with Gasteiger partial charge in [0.25, 0.3) is 11.6 Å². The molecule has 2 amide bonds. The minimum absolute atomic E-state index is 0.0325. The molecule has 9 nitrogen and oxygen atoms in total. The summed E-state index contributed by atoms with van der Waals surface area (Å²) in [4.78, 5) is 42.1. The Hall–Kier alpha value is -3.79. The number of anilines is 1. The Balaban J connectivity index is 1.31. The van der Waals surface area contributed by atoms with Crippen molar-refractivity contribution >= 4 is 34.7 Å². The highest BCUT2D eigenvalue weighted by Crippen LogP contribution is 2.35. The molecule has 176 valence electrons. The molecule has 0 spiro atoms. The maximum Gasteiger partial charge on any atom is 0.412 e. The first-order valence-electron chi connectivity index (χ1n) is 10.9. The highest BCUT2D eigenvalue weighted by molar-refractivity contribution is 7.10. The number of amides is 2. The Morgan fingerprint density at radius 1 is 1.15 bits per heavy atom. The van der Waals surface area contributed by atoms with E-state index in [1.165, 1.54) is 17.4 Å². The molecule has 1 N–H and O–H groups in total. The molecule has 0 saturated carbocycles. The number of nitro groups is 1. The van der Waals surface area contributed by atoms with Crippen LogP contribution in [0.4, 0.5) is 16.2 Å². The molecule has 34 heavy (non-hydrogen) atoms. The van der Waals surface area contributed by atoms with Gasteiger partial charge < -0.3 is 9.64 Å². The third kappa shape index (κ3) is 5.40. The minimum atomic E-state index is -0.898. The Kier molecular flexibility index (Phi) is 7.17. The van der Waals surface area contributed by atoms with Crippen LogP contribution in [0.25, 0.3) is 11.3 Å². The third-order valence-electron chi connectivity index (χ3n) is 5.71.